The van der Waals surface area contributed by atoms with Gasteiger partial charge in [-0.2, -0.15) is 5.10 Å². The Balaban J connectivity index is 1.68. The summed E-state index contributed by atoms with van der Waals surface area (Å²) >= 11 is 1.46. The molecule has 6 nitrogen and oxygen atoms in total. The molecule has 0 atom stereocenters. The highest BCUT2D eigenvalue weighted by Crippen LogP contribution is 2.20. The van der Waals surface area contributed by atoms with Crippen molar-refractivity contribution >= 4 is 17.2 Å². The number of rotatable bonds is 7. The van der Waals surface area contributed by atoms with Gasteiger partial charge in [0.1, 0.15) is 5.75 Å². The maximum Gasteiger partial charge on any atom is 0.263 e. The third-order valence-corrected chi connectivity index (χ3v) is 4.93. The fraction of sp³-hybridized carbons (Fsp3) is 0.263. The van der Waals surface area contributed by atoms with Crippen LogP contribution in [0.2, 0.25) is 0 Å². The Hall–Kier alpha value is -2.64. The van der Waals surface area contributed by atoms with Crippen molar-refractivity contribution in [1.82, 2.24) is 14.7 Å². The smallest absolute Gasteiger partial charge is 0.263 e. The van der Waals surface area contributed by atoms with Crippen LogP contribution in [0.3, 0.4) is 0 Å². The normalized spacial score (nSPS) is 10.7. The molecule has 0 spiro atoms. The van der Waals surface area contributed by atoms with Gasteiger partial charge in [0.05, 0.1) is 30.5 Å². The van der Waals surface area contributed by atoms with Crippen LogP contribution < -0.4 is 4.74 Å². The van der Waals surface area contributed by atoms with Gasteiger partial charge in [-0.1, -0.05) is 6.07 Å². The molecule has 0 saturated carbocycles. The standard InChI is InChI=1S/C19H21N3O3S/c1-21(19(23)18-8-7-17(26-18)13-24-2)11-14-10-20-22(12-14)15-5-4-6-16(9-15)25-3/h4-10,12H,11,13H2,1-3H3. The van der Waals surface area contributed by atoms with Crippen LogP contribution in [0, 0.1) is 0 Å². The van der Waals surface area contributed by atoms with E-state index >= 15 is 0 Å². The molecule has 0 aliphatic rings. The first-order chi connectivity index (χ1) is 12.6. The Kier molecular flexibility index (Phi) is 5.70. The zero-order valence-electron chi connectivity index (χ0n) is 15.0. The molecule has 1 aromatic carbocycles. The number of benzene rings is 1. The second-order valence-corrected chi connectivity index (χ2v) is 7.02. The molecular formula is C19H21N3O3S. The fourth-order valence-corrected chi connectivity index (χ4v) is 3.56. The van der Waals surface area contributed by atoms with E-state index in [1.165, 1.54) is 11.3 Å². The van der Waals surface area contributed by atoms with E-state index in [-0.39, 0.29) is 5.91 Å². The molecule has 0 bridgehead atoms. The van der Waals surface area contributed by atoms with Crippen molar-refractivity contribution in [2.24, 2.45) is 0 Å². The summed E-state index contributed by atoms with van der Waals surface area (Å²) in [4.78, 5) is 16.0. The van der Waals surface area contributed by atoms with Crippen LogP contribution in [0.1, 0.15) is 20.1 Å². The van der Waals surface area contributed by atoms with E-state index in [1.54, 1.807) is 37.0 Å². The first-order valence-electron chi connectivity index (χ1n) is 8.12. The Morgan fingerprint density at radius 1 is 1.27 bits per heavy atom. The number of aromatic nitrogens is 2. The number of hydrogen-bond acceptors (Lipinski definition) is 5. The molecule has 0 aliphatic heterocycles. The molecule has 26 heavy (non-hydrogen) atoms. The van der Waals surface area contributed by atoms with Crippen molar-refractivity contribution < 1.29 is 14.3 Å². The summed E-state index contributed by atoms with van der Waals surface area (Å²) in [7, 11) is 5.07. The Morgan fingerprint density at radius 3 is 2.88 bits per heavy atom. The SMILES string of the molecule is COCc1ccc(C(=O)N(C)Cc2cnn(-c3cccc(OC)c3)c2)s1. The van der Waals surface area contributed by atoms with Crippen molar-refractivity contribution in [3.63, 3.8) is 0 Å². The van der Waals surface area contributed by atoms with E-state index in [4.69, 9.17) is 9.47 Å². The minimum atomic E-state index is -0.00789. The maximum absolute atomic E-state index is 12.6. The highest BCUT2D eigenvalue weighted by molar-refractivity contribution is 7.14. The number of ether oxygens (including phenoxy) is 2. The molecule has 0 unspecified atom stereocenters. The van der Waals surface area contributed by atoms with E-state index in [9.17, 15) is 4.79 Å². The fourth-order valence-electron chi connectivity index (χ4n) is 2.58. The predicted octanol–water partition coefficient (Wildman–Crippen LogP) is 3.36. The summed E-state index contributed by atoms with van der Waals surface area (Å²) < 4.78 is 12.1. The summed E-state index contributed by atoms with van der Waals surface area (Å²) in [5, 5.41) is 4.38. The zero-order chi connectivity index (χ0) is 18.5. The van der Waals surface area contributed by atoms with Gasteiger partial charge in [-0.05, 0) is 24.3 Å². The van der Waals surface area contributed by atoms with Gasteiger partial charge >= 0.3 is 0 Å². The highest BCUT2D eigenvalue weighted by Gasteiger charge is 2.15. The van der Waals surface area contributed by atoms with E-state index in [2.05, 4.69) is 5.10 Å². The predicted molar refractivity (Wildman–Crippen MR) is 101 cm³/mol. The largest absolute Gasteiger partial charge is 0.497 e. The molecule has 2 heterocycles. The van der Waals surface area contributed by atoms with Crippen LogP contribution in [0.25, 0.3) is 5.69 Å². The van der Waals surface area contributed by atoms with Gasteiger partial charge in [-0.15, -0.1) is 11.3 Å². The van der Waals surface area contributed by atoms with Crippen LogP contribution in [0.5, 0.6) is 5.75 Å². The van der Waals surface area contributed by atoms with E-state index in [0.717, 1.165) is 21.9 Å². The third kappa shape index (κ3) is 4.12. The number of methoxy groups -OCH3 is 2. The minimum absolute atomic E-state index is 0.00789. The highest BCUT2D eigenvalue weighted by atomic mass is 32.1. The van der Waals surface area contributed by atoms with Crippen LogP contribution in [0.15, 0.2) is 48.8 Å². The average molecular weight is 371 g/mol. The molecule has 3 rings (SSSR count). The van der Waals surface area contributed by atoms with Gasteiger partial charge in [-0.25, -0.2) is 4.68 Å². The lowest BCUT2D eigenvalue weighted by Gasteiger charge is -2.15. The lowest BCUT2D eigenvalue weighted by atomic mass is 10.3. The van der Waals surface area contributed by atoms with E-state index in [1.807, 2.05) is 42.6 Å². The van der Waals surface area contributed by atoms with Crippen molar-refractivity contribution in [3.05, 3.63) is 64.1 Å². The van der Waals surface area contributed by atoms with Gasteiger partial charge < -0.3 is 14.4 Å². The monoisotopic (exact) mass is 371 g/mol. The number of nitrogens with zero attached hydrogens (tertiary/aromatic N) is 3. The topological polar surface area (TPSA) is 56.6 Å². The number of carbonyl (C=O) groups is 1. The lowest BCUT2D eigenvalue weighted by molar-refractivity contribution is 0.0790. The van der Waals surface area contributed by atoms with Crippen LogP contribution in [-0.2, 0) is 17.9 Å². The van der Waals surface area contributed by atoms with Gasteiger partial charge in [0.25, 0.3) is 5.91 Å². The van der Waals surface area contributed by atoms with Crippen molar-refractivity contribution in [1.29, 1.82) is 0 Å². The first-order valence-corrected chi connectivity index (χ1v) is 8.93. The molecule has 136 valence electrons. The van der Waals surface area contributed by atoms with E-state index < -0.39 is 0 Å². The summed E-state index contributed by atoms with van der Waals surface area (Å²) in [6, 6.07) is 11.4. The van der Waals surface area contributed by atoms with Crippen molar-refractivity contribution in [3.8, 4) is 11.4 Å². The Labute approximate surface area is 156 Å². The summed E-state index contributed by atoms with van der Waals surface area (Å²) in [6.45, 7) is 1.01. The molecule has 0 fully saturated rings. The molecule has 0 radical (unpaired) electrons. The molecule has 0 aliphatic carbocycles. The number of amides is 1. The van der Waals surface area contributed by atoms with Crippen LogP contribution in [0.4, 0.5) is 0 Å². The lowest BCUT2D eigenvalue weighted by Crippen LogP contribution is -2.25. The van der Waals surface area contributed by atoms with Gasteiger partial charge in [0.2, 0.25) is 0 Å². The first kappa shape index (κ1) is 18.2. The maximum atomic E-state index is 12.6. The van der Waals surface area contributed by atoms with Gasteiger partial charge in [-0.3, -0.25) is 4.79 Å². The molecular weight excluding hydrogens is 350 g/mol. The molecule has 0 N–H and O–H groups in total. The van der Waals surface area contributed by atoms with E-state index in [0.29, 0.717) is 18.0 Å². The minimum Gasteiger partial charge on any atom is -0.497 e. The van der Waals surface area contributed by atoms with Crippen LogP contribution in [-0.4, -0.2) is 41.9 Å². The number of hydrogen-bond donors (Lipinski definition) is 0. The molecule has 0 saturated heterocycles. The summed E-state index contributed by atoms with van der Waals surface area (Å²) in [6.07, 6.45) is 3.69. The van der Waals surface area contributed by atoms with Crippen LogP contribution >= 0.6 is 11.3 Å². The number of carbonyl (C=O) groups excluding carboxylic acids is 1. The van der Waals surface area contributed by atoms with Gasteiger partial charge in [0, 0.05) is 43.4 Å². The third-order valence-electron chi connectivity index (χ3n) is 3.88. The average Bonchev–Trinajstić information content (AvgIpc) is 3.31. The van der Waals surface area contributed by atoms with Crippen molar-refractivity contribution in [2.45, 2.75) is 13.2 Å². The Morgan fingerprint density at radius 2 is 2.12 bits per heavy atom. The second-order valence-electron chi connectivity index (χ2n) is 5.85. The molecule has 2 aromatic heterocycles. The quantitative estimate of drug-likeness (QED) is 0.639. The van der Waals surface area contributed by atoms with Crippen molar-refractivity contribution in [2.75, 3.05) is 21.3 Å². The molecule has 1 amide bonds. The zero-order valence-corrected chi connectivity index (χ0v) is 15.8. The Bertz CT molecular complexity index is 888. The number of thiophene rings is 1. The summed E-state index contributed by atoms with van der Waals surface area (Å²) in [5.74, 6) is 0.767. The second kappa shape index (κ2) is 8.16. The molecule has 7 heteroatoms. The van der Waals surface area contributed by atoms with Gasteiger partial charge in [0.15, 0.2) is 0 Å². The summed E-state index contributed by atoms with van der Waals surface area (Å²) in [5.41, 5.74) is 1.87. The molecule has 3 aromatic rings.